The fourth-order valence-electron chi connectivity index (χ4n) is 9.41. The molecule has 1 heterocycles. The third-order valence-corrected chi connectivity index (χ3v) is 14.4. The van der Waals surface area contributed by atoms with E-state index in [1.165, 1.54) is 122 Å². The Bertz CT molecular complexity index is 1580. The Labute approximate surface area is 472 Å². The molecule has 1 fully saturated rings. The third-order valence-electron chi connectivity index (χ3n) is 14.4. The Morgan fingerprint density at radius 3 is 1.19 bits per heavy atom. The van der Waals surface area contributed by atoms with Crippen molar-refractivity contribution in [2.75, 3.05) is 13.2 Å². The first kappa shape index (κ1) is 71.9. The lowest BCUT2D eigenvalue weighted by Crippen LogP contribution is -2.60. The number of allylic oxidation sites excluding steroid dienone is 17. The summed E-state index contributed by atoms with van der Waals surface area (Å²) in [5, 5.41) is 54.6. The van der Waals surface area contributed by atoms with Gasteiger partial charge in [-0.1, -0.05) is 277 Å². The SMILES string of the molecule is CC/C=C\C/C=C\C/C=C\C/C=C\C/C=C\C/C=C\C/C=C\C/C=C\CCCCCCCCC(=O)NC(COC1OC(CO)C(O)C(O)C1O)C(O)/C=C/CCCCCCCCCCCCCCCCCCCCCCC. The number of nitrogens with one attached hydrogen (secondary N) is 1. The summed E-state index contributed by atoms with van der Waals surface area (Å²) >= 11 is 0. The fourth-order valence-corrected chi connectivity index (χ4v) is 9.41. The van der Waals surface area contributed by atoms with Gasteiger partial charge in [0, 0.05) is 6.42 Å². The molecule has 1 rings (SSSR count). The quantitative estimate of drug-likeness (QED) is 0.0261. The van der Waals surface area contributed by atoms with Crippen molar-refractivity contribution in [2.45, 2.75) is 301 Å². The predicted molar refractivity (Wildman–Crippen MR) is 327 cm³/mol. The van der Waals surface area contributed by atoms with E-state index < -0.39 is 49.5 Å². The highest BCUT2D eigenvalue weighted by Crippen LogP contribution is 2.23. The molecule has 1 aliphatic heterocycles. The number of ether oxygens (including phenoxy) is 2. The Hall–Kier alpha value is -3.15. The van der Waals surface area contributed by atoms with E-state index in [-0.39, 0.29) is 12.5 Å². The molecule has 442 valence electrons. The second kappa shape index (κ2) is 56.1. The molecule has 0 aromatic rings. The molecule has 9 nitrogen and oxygen atoms in total. The molecule has 0 saturated carbocycles. The van der Waals surface area contributed by atoms with Crippen LogP contribution in [0.1, 0.15) is 258 Å². The van der Waals surface area contributed by atoms with Gasteiger partial charge in [-0.15, -0.1) is 0 Å². The summed E-state index contributed by atoms with van der Waals surface area (Å²) < 4.78 is 11.3. The number of aliphatic hydroxyl groups excluding tert-OH is 5. The first-order valence-corrected chi connectivity index (χ1v) is 31.6. The van der Waals surface area contributed by atoms with E-state index in [4.69, 9.17) is 9.47 Å². The highest BCUT2D eigenvalue weighted by molar-refractivity contribution is 5.76. The van der Waals surface area contributed by atoms with Crippen LogP contribution in [0, 0.1) is 0 Å². The monoisotopic (exact) mass is 1080 g/mol. The maximum Gasteiger partial charge on any atom is 0.220 e. The molecule has 0 aromatic carbocycles. The van der Waals surface area contributed by atoms with Gasteiger partial charge in [0.25, 0.3) is 0 Å². The fraction of sp³-hybridized carbons (Fsp3) is 0.721. The summed E-state index contributed by atoms with van der Waals surface area (Å²) in [6.07, 6.45) is 75.8. The van der Waals surface area contributed by atoms with Crippen LogP contribution in [0.4, 0.5) is 0 Å². The number of unbranched alkanes of at least 4 members (excludes halogenated alkanes) is 27. The zero-order valence-electron chi connectivity index (χ0n) is 49.2. The summed E-state index contributed by atoms with van der Waals surface area (Å²) in [4.78, 5) is 13.1. The number of hydrogen-bond donors (Lipinski definition) is 6. The molecule has 0 aliphatic carbocycles. The standard InChI is InChI=1S/C68H117NO8/c1-3-5-7-9-11-13-15-17-19-21-23-25-27-28-29-30-31-32-33-34-36-38-40-42-44-46-48-50-52-54-56-58-64(72)69-61(60-76-68-67(75)66(74)65(73)63(59-70)77-68)62(71)57-55-53-51-49-47-45-43-41-39-37-35-26-24-22-20-18-16-14-12-10-8-6-4-2/h5,7,11,13,17,19,23,25,28-29,31-32,34,36,40,42,55,57,61-63,65-68,70-71,73-75H,3-4,6,8-10,12,14-16,18,20-22,24,26-27,30,33,35,37-39,41,43-54,56,58-60H2,1-2H3,(H,69,72)/b7-5-,13-11-,19-17-,25-23-,29-28-,32-31-,36-34-,42-40-,57-55+. The topological polar surface area (TPSA) is 149 Å². The van der Waals surface area contributed by atoms with Crippen LogP contribution < -0.4 is 5.32 Å². The van der Waals surface area contributed by atoms with E-state index in [2.05, 4.69) is 116 Å². The molecule has 0 bridgehead atoms. The molecule has 0 spiro atoms. The van der Waals surface area contributed by atoms with Crippen molar-refractivity contribution in [3.8, 4) is 0 Å². The van der Waals surface area contributed by atoms with E-state index in [1.54, 1.807) is 6.08 Å². The van der Waals surface area contributed by atoms with Gasteiger partial charge in [0.15, 0.2) is 6.29 Å². The molecular weight excluding hydrogens is 959 g/mol. The molecule has 0 radical (unpaired) electrons. The molecular formula is C68H117NO8. The van der Waals surface area contributed by atoms with E-state index in [9.17, 15) is 30.3 Å². The molecule has 7 atom stereocenters. The van der Waals surface area contributed by atoms with Gasteiger partial charge >= 0.3 is 0 Å². The summed E-state index contributed by atoms with van der Waals surface area (Å²) in [6, 6.07) is -0.822. The number of carbonyl (C=O) groups excluding carboxylic acids is 1. The predicted octanol–water partition coefficient (Wildman–Crippen LogP) is 16.5. The van der Waals surface area contributed by atoms with Crippen molar-refractivity contribution in [1.82, 2.24) is 5.32 Å². The van der Waals surface area contributed by atoms with Crippen LogP contribution in [-0.4, -0.2) is 87.5 Å². The summed E-state index contributed by atoms with van der Waals surface area (Å²) in [5.41, 5.74) is 0. The van der Waals surface area contributed by atoms with Crippen molar-refractivity contribution in [3.63, 3.8) is 0 Å². The zero-order valence-corrected chi connectivity index (χ0v) is 49.2. The van der Waals surface area contributed by atoms with Crippen LogP contribution in [0.2, 0.25) is 0 Å². The smallest absolute Gasteiger partial charge is 0.220 e. The Balaban J connectivity index is 2.23. The third kappa shape index (κ3) is 45.3. The minimum absolute atomic E-state index is 0.194. The van der Waals surface area contributed by atoms with Gasteiger partial charge < -0.3 is 40.3 Å². The second-order valence-corrected chi connectivity index (χ2v) is 21.5. The lowest BCUT2D eigenvalue weighted by atomic mass is 9.99. The molecule has 9 heteroatoms. The largest absolute Gasteiger partial charge is 0.394 e. The number of hydrogen-bond acceptors (Lipinski definition) is 8. The maximum absolute atomic E-state index is 13.1. The summed E-state index contributed by atoms with van der Waals surface area (Å²) in [5.74, 6) is -0.194. The average Bonchev–Trinajstić information content (AvgIpc) is 3.43. The molecule has 77 heavy (non-hydrogen) atoms. The van der Waals surface area contributed by atoms with Gasteiger partial charge in [-0.05, 0) is 83.5 Å². The lowest BCUT2D eigenvalue weighted by Gasteiger charge is -2.40. The minimum atomic E-state index is -1.58. The second-order valence-electron chi connectivity index (χ2n) is 21.5. The van der Waals surface area contributed by atoms with Crippen LogP contribution >= 0.6 is 0 Å². The molecule has 7 unspecified atom stereocenters. The van der Waals surface area contributed by atoms with Gasteiger partial charge in [-0.2, -0.15) is 0 Å². The number of aliphatic hydroxyl groups is 5. The van der Waals surface area contributed by atoms with Gasteiger partial charge in [0.05, 0.1) is 25.4 Å². The van der Waals surface area contributed by atoms with Crippen molar-refractivity contribution in [3.05, 3.63) is 109 Å². The van der Waals surface area contributed by atoms with E-state index in [0.29, 0.717) is 6.42 Å². The Morgan fingerprint density at radius 1 is 0.455 bits per heavy atom. The van der Waals surface area contributed by atoms with Crippen LogP contribution in [0.3, 0.4) is 0 Å². The van der Waals surface area contributed by atoms with Crippen molar-refractivity contribution < 1.29 is 39.8 Å². The highest BCUT2D eigenvalue weighted by Gasteiger charge is 2.44. The summed E-state index contributed by atoms with van der Waals surface area (Å²) in [7, 11) is 0. The molecule has 1 amide bonds. The number of carbonyl (C=O) groups is 1. The van der Waals surface area contributed by atoms with Gasteiger partial charge in [0.1, 0.15) is 24.4 Å². The van der Waals surface area contributed by atoms with Crippen molar-refractivity contribution >= 4 is 5.91 Å². The normalized spacial score (nSPS) is 19.5. The molecule has 0 aromatic heterocycles. The Kier molecular flexibility index (Phi) is 52.4. The maximum atomic E-state index is 13.1. The summed E-state index contributed by atoms with van der Waals surface area (Å²) in [6.45, 7) is 3.67. The van der Waals surface area contributed by atoms with Crippen LogP contribution in [0.15, 0.2) is 109 Å². The molecule has 1 aliphatic rings. The van der Waals surface area contributed by atoms with Gasteiger partial charge in [-0.3, -0.25) is 4.79 Å². The van der Waals surface area contributed by atoms with Gasteiger partial charge in [0.2, 0.25) is 5.91 Å². The van der Waals surface area contributed by atoms with E-state index in [0.717, 1.165) is 116 Å². The average molecular weight is 1080 g/mol. The minimum Gasteiger partial charge on any atom is -0.394 e. The molecule has 6 N–H and O–H groups in total. The van der Waals surface area contributed by atoms with E-state index in [1.807, 2.05) is 6.08 Å². The molecule has 1 saturated heterocycles. The Morgan fingerprint density at radius 2 is 0.805 bits per heavy atom. The number of rotatable bonds is 53. The van der Waals surface area contributed by atoms with Crippen LogP contribution in [0.5, 0.6) is 0 Å². The van der Waals surface area contributed by atoms with Crippen molar-refractivity contribution in [2.24, 2.45) is 0 Å². The number of amides is 1. The first-order chi connectivity index (χ1) is 37.8. The first-order valence-electron chi connectivity index (χ1n) is 31.6. The van der Waals surface area contributed by atoms with Crippen molar-refractivity contribution in [1.29, 1.82) is 0 Å². The van der Waals surface area contributed by atoms with Gasteiger partial charge in [-0.25, -0.2) is 0 Å². The van der Waals surface area contributed by atoms with Crippen LogP contribution in [-0.2, 0) is 14.3 Å². The zero-order chi connectivity index (χ0) is 55.8. The highest BCUT2D eigenvalue weighted by atomic mass is 16.7. The lowest BCUT2D eigenvalue weighted by molar-refractivity contribution is -0.302. The van der Waals surface area contributed by atoms with E-state index >= 15 is 0 Å². The van der Waals surface area contributed by atoms with Crippen LogP contribution in [0.25, 0.3) is 0 Å².